The van der Waals surface area contributed by atoms with Gasteiger partial charge in [0.05, 0.1) is 19.1 Å². The van der Waals surface area contributed by atoms with Crippen LogP contribution in [0.2, 0.25) is 0 Å². The summed E-state index contributed by atoms with van der Waals surface area (Å²) in [5.74, 6) is -0.318. The van der Waals surface area contributed by atoms with Gasteiger partial charge in [0.15, 0.2) is 0 Å². The van der Waals surface area contributed by atoms with Gasteiger partial charge in [-0.3, -0.25) is 13.9 Å². The van der Waals surface area contributed by atoms with E-state index in [9.17, 15) is 18.0 Å². The summed E-state index contributed by atoms with van der Waals surface area (Å²) in [6, 6.07) is 24.4. The molecule has 2 atom stereocenters. The lowest BCUT2D eigenvalue weighted by atomic mass is 10.0. The van der Waals surface area contributed by atoms with Crippen molar-refractivity contribution >= 4 is 27.5 Å². The Hall–Kier alpha value is -3.85. The number of methoxy groups -OCH3 is 1. The molecule has 0 unspecified atom stereocenters. The first-order valence-electron chi connectivity index (χ1n) is 12.9. The van der Waals surface area contributed by atoms with E-state index in [4.69, 9.17) is 4.74 Å². The molecule has 0 aromatic heterocycles. The smallest absolute Gasteiger partial charge is 0.244 e. The predicted octanol–water partition coefficient (Wildman–Crippen LogP) is 4.02. The van der Waals surface area contributed by atoms with Gasteiger partial charge in [0.1, 0.15) is 18.3 Å². The number of carbonyl (C=O) groups excluding carboxylic acids is 2. The van der Waals surface area contributed by atoms with Crippen molar-refractivity contribution in [3.63, 3.8) is 0 Å². The van der Waals surface area contributed by atoms with Crippen LogP contribution < -0.4 is 14.4 Å². The van der Waals surface area contributed by atoms with Crippen LogP contribution in [0.15, 0.2) is 84.9 Å². The molecular weight excluding hydrogens is 514 g/mol. The van der Waals surface area contributed by atoms with E-state index < -0.39 is 28.5 Å². The second-order valence-electron chi connectivity index (χ2n) is 9.50. The first-order chi connectivity index (χ1) is 18.6. The van der Waals surface area contributed by atoms with Crippen molar-refractivity contribution in [3.8, 4) is 5.75 Å². The van der Waals surface area contributed by atoms with Crippen molar-refractivity contribution in [2.75, 3.05) is 24.2 Å². The quantitative estimate of drug-likeness (QED) is 0.346. The van der Waals surface area contributed by atoms with Gasteiger partial charge in [-0.2, -0.15) is 0 Å². The van der Waals surface area contributed by atoms with Crippen LogP contribution in [0.4, 0.5) is 5.69 Å². The monoisotopic (exact) mass is 551 g/mol. The number of benzene rings is 3. The number of anilines is 1. The van der Waals surface area contributed by atoms with E-state index in [2.05, 4.69) is 5.32 Å². The zero-order valence-electron chi connectivity index (χ0n) is 22.9. The lowest BCUT2D eigenvalue weighted by Gasteiger charge is -2.34. The SMILES string of the molecule is CC[C@H](C)NC(=O)[C@H](Cc1ccccc1)N(Cc1ccccc1)C(=O)CN(c1cccc(OC)c1)S(C)(=O)=O. The van der Waals surface area contributed by atoms with E-state index in [0.29, 0.717) is 11.4 Å². The molecule has 3 aromatic rings. The summed E-state index contributed by atoms with van der Waals surface area (Å²) in [4.78, 5) is 29.2. The van der Waals surface area contributed by atoms with Gasteiger partial charge < -0.3 is 15.0 Å². The molecule has 0 spiro atoms. The molecule has 0 saturated heterocycles. The molecule has 0 aliphatic heterocycles. The summed E-state index contributed by atoms with van der Waals surface area (Å²) >= 11 is 0. The molecule has 0 heterocycles. The summed E-state index contributed by atoms with van der Waals surface area (Å²) in [7, 11) is -2.36. The fraction of sp³-hybridized carbons (Fsp3) is 0.333. The second kappa shape index (κ2) is 13.8. The molecule has 3 aromatic carbocycles. The van der Waals surface area contributed by atoms with E-state index in [-0.39, 0.29) is 24.9 Å². The van der Waals surface area contributed by atoms with Crippen molar-refractivity contribution in [3.05, 3.63) is 96.1 Å². The highest BCUT2D eigenvalue weighted by molar-refractivity contribution is 7.92. The van der Waals surface area contributed by atoms with Crippen LogP contribution in [-0.2, 0) is 32.6 Å². The van der Waals surface area contributed by atoms with Gasteiger partial charge in [0, 0.05) is 25.1 Å². The molecule has 0 aliphatic carbocycles. The highest BCUT2D eigenvalue weighted by atomic mass is 32.2. The summed E-state index contributed by atoms with van der Waals surface area (Å²) in [6.45, 7) is 3.55. The maximum Gasteiger partial charge on any atom is 0.244 e. The van der Waals surface area contributed by atoms with E-state index in [1.54, 1.807) is 24.3 Å². The predicted molar refractivity (Wildman–Crippen MR) is 154 cm³/mol. The highest BCUT2D eigenvalue weighted by Gasteiger charge is 2.33. The van der Waals surface area contributed by atoms with Gasteiger partial charge >= 0.3 is 0 Å². The van der Waals surface area contributed by atoms with Gasteiger partial charge in [0.25, 0.3) is 0 Å². The molecule has 9 heteroatoms. The lowest BCUT2D eigenvalue weighted by molar-refractivity contribution is -0.140. The van der Waals surface area contributed by atoms with E-state index >= 15 is 0 Å². The highest BCUT2D eigenvalue weighted by Crippen LogP contribution is 2.24. The zero-order valence-corrected chi connectivity index (χ0v) is 23.7. The Morgan fingerprint density at radius 3 is 2.10 bits per heavy atom. The van der Waals surface area contributed by atoms with Crippen molar-refractivity contribution in [2.24, 2.45) is 0 Å². The molecule has 0 radical (unpaired) electrons. The number of carbonyl (C=O) groups is 2. The summed E-state index contributed by atoms with van der Waals surface area (Å²) in [6.07, 6.45) is 2.06. The first-order valence-corrected chi connectivity index (χ1v) is 14.8. The number of amides is 2. The number of hydrogen-bond acceptors (Lipinski definition) is 5. The average Bonchev–Trinajstić information content (AvgIpc) is 2.93. The van der Waals surface area contributed by atoms with Crippen LogP contribution in [0.3, 0.4) is 0 Å². The van der Waals surface area contributed by atoms with Crippen LogP contribution in [0.1, 0.15) is 31.4 Å². The molecule has 3 rings (SSSR count). The number of rotatable bonds is 13. The van der Waals surface area contributed by atoms with Crippen LogP contribution in [0.5, 0.6) is 5.75 Å². The molecule has 1 N–H and O–H groups in total. The minimum atomic E-state index is -3.84. The topological polar surface area (TPSA) is 96.0 Å². The Morgan fingerprint density at radius 1 is 0.923 bits per heavy atom. The molecule has 0 bridgehead atoms. The third kappa shape index (κ3) is 8.58. The van der Waals surface area contributed by atoms with Gasteiger partial charge in [0.2, 0.25) is 21.8 Å². The Labute approximate surface area is 231 Å². The first kappa shape index (κ1) is 29.7. The van der Waals surface area contributed by atoms with Gasteiger partial charge in [-0.1, -0.05) is 73.7 Å². The zero-order chi connectivity index (χ0) is 28.4. The standard InChI is InChI=1S/C30H37N3O5S/c1-5-23(2)31-30(35)28(19-24-13-8-6-9-14-24)32(21-25-15-10-7-11-16-25)29(34)22-33(39(4,36)37)26-17-12-18-27(20-26)38-3/h6-18,20,23,28H,5,19,21-22H2,1-4H3,(H,31,35)/t23-,28-/m0/s1. The molecular formula is C30H37N3O5S. The van der Waals surface area contributed by atoms with Crippen molar-refractivity contribution in [1.29, 1.82) is 0 Å². The largest absolute Gasteiger partial charge is 0.497 e. The molecule has 0 saturated carbocycles. The number of hydrogen-bond donors (Lipinski definition) is 1. The molecule has 2 amide bonds. The minimum absolute atomic E-state index is 0.0891. The number of nitrogens with one attached hydrogen (secondary N) is 1. The Balaban J connectivity index is 2.04. The van der Waals surface area contributed by atoms with E-state index in [1.807, 2.05) is 74.5 Å². The fourth-order valence-electron chi connectivity index (χ4n) is 4.15. The van der Waals surface area contributed by atoms with Crippen molar-refractivity contribution < 1.29 is 22.7 Å². The third-order valence-corrected chi connectivity index (χ3v) is 7.63. The molecule has 208 valence electrons. The van der Waals surface area contributed by atoms with E-state index in [0.717, 1.165) is 28.1 Å². The molecule has 0 aliphatic rings. The number of sulfonamides is 1. The molecule has 39 heavy (non-hydrogen) atoms. The Kier molecular flexibility index (Phi) is 10.5. The fourth-order valence-corrected chi connectivity index (χ4v) is 5.00. The van der Waals surface area contributed by atoms with Gasteiger partial charge in [-0.05, 0) is 36.6 Å². The summed E-state index contributed by atoms with van der Waals surface area (Å²) in [5.41, 5.74) is 2.02. The Morgan fingerprint density at radius 2 is 1.54 bits per heavy atom. The average molecular weight is 552 g/mol. The maximum atomic E-state index is 14.0. The number of ether oxygens (including phenoxy) is 1. The minimum Gasteiger partial charge on any atom is -0.497 e. The maximum absolute atomic E-state index is 14.0. The summed E-state index contributed by atoms with van der Waals surface area (Å²) < 4.78 is 32.0. The normalized spacial score (nSPS) is 12.7. The lowest BCUT2D eigenvalue weighted by Crippen LogP contribution is -2.54. The number of nitrogens with zero attached hydrogens (tertiary/aromatic N) is 2. The van der Waals surface area contributed by atoms with Crippen molar-refractivity contribution in [2.45, 2.75) is 45.3 Å². The second-order valence-corrected chi connectivity index (χ2v) is 11.4. The van der Waals surface area contributed by atoms with Crippen LogP contribution in [-0.4, -0.2) is 57.1 Å². The van der Waals surface area contributed by atoms with Crippen LogP contribution >= 0.6 is 0 Å². The molecule has 0 fully saturated rings. The van der Waals surface area contributed by atoms with Crippen LogP contribution in [0, 0.1) is 0 Å². The van der Waals surface area contributed by atoms with Crippen molar-refractivity contribution in [1.82, 2.24) is 10.2 Å². The van der Waals surface area contributed by atoms with Gasteiger partial charge in [-0.25, -0.2) is 8.42 Å². The van der Waals surface area contributed by atoms with Gasteiger partial charge in [-0.15, -0.1) is 0 Å². The Bertz CT molecular complexity index is 1330. The summed E-state index contributed by atoms with van der Waals surface area (Å²) in [5, 5.41) is 3.02. The third-order valence-electron chi connectivity index (χ3n) is 6.49. The van der Waals surface area contributed by atoms with E-state index in [1.165, 1.54) is 12.0 Å². The van der Waals surface area contributed by atoms with Crippen LogP contribution in [0.25, 0.3) is 0 Å². The molecule has 8 nitrogen and oxygen atoms in total.